The maximum Gasteiger partial charge on any atom is 0.295 e. The summed E-state index contributed by atoms with van der Waals surface area (Å²) in [6.07, 6.45) is 2.48. The number of aromatic nitrogens is 3. The van der Waals surface area contributed by atoms with Gasteiger partial charge in [-0.1, -0.05) is 0 Å². The molecule has 0 amide bonds. The predicted molar refractivity (Wildman–Crippen MR) is 48.0 cm³/mol. The largest absolute Gasteiger partial charge is 0.295 e. The molecule has 0 N–H and O–H groups in total. The number of rotatable bonds is 2. The van der Waals surface area contributed by atoms with Crippen molar-refractivity contribution in [3.8, 4) is 5.69 Å². The number of nitro groups is 1. The number of nitrogens with zero attached hydrogens (tertiary/aromatic N) is 4. The lowest BCUT2D eigenvalue weighted by molar-refractivity contribution is -0.384. The fraction of sp³-hybridized carbons (Fsp3) is 0. The molecule has 0 atom stereocenters. The summed E-state index contributed by atoms with van der Waals surface area (Å²) < 4.78 is 14.1. The van der Waals surface area contributed by atoms with Crippen LogP contribution >= 0.6 is 0 Å². The molecule has 0 aliphatic rings. The van der Waals surface area contributed by atoms with Crippen LogP contribution in [0.2, 0.25) is 0 Å². The molecule has 0 aliphatic heterocycles. The SMILES string of the molecule is O=[N+]([O-])c1ccc(F)cc1-n1cncn1. The molecule has 0 aliphatic carbocycles. The minimum atomic E-state index is -0.601. The maximum atomic E-state index is 12.9. The van der Waals surface area contributed by atoms with Crippen LogP contribution in [0.1, 0.15) is 0 Å². The molecule has 6 nitrogen and oxygen atoms in total. The summed E-state index contributed by atoms with van der Waals surface area (Å²) >= 11 is 0. The van der Waals surface area contributed by atoms with Gasteiger partial charge in [0, 0.05) is 12.1 Å². The molecule has 0 saturated heterocycles. The third-order valence-electron chi connectivity index (χ3n) is 1.80. The van der Waals surface area contributed by atoms with Crippen molar-refractivity contribution in [2.75, 3.05) is 0 Å². The van der Waals surface area contributed by atoms with E-state index in [0.29, 0.717) is 0 Å². The first-order valence-electron chi connectivity index (χ1n) is 3.97. The molecule has 0 unspecified atom stereocenters. The van der Waals surface area contributed by atoms with E-state index < -0.39 is 10.7 Å². The molecular weight excluding hydrogens is 203 g/mol. The fourth-order valence-electron chi connectivity index (χ4n) is 1.17. The Bertz CT molecular complexity index is 497. The average molecular weight is 208 g/mol. The summed E-state index contributed by atoms with van der Waals surface area (Å²) in [7, 11) is 0. The van der Waals surface area contributed by atoms with Crippen LogP contribution in [0, 0.1) is 15.9 Å². The maximum absolute atomic E-state index is 12.9. The number of hydrogen-bond acceptors (Lipinski definition) is 4. The number of hydrogen-bond donors (Lipinski definition) is 0. The standard InChI is InChI=1S/C8H5FN4O2/c9-6-1-2-7(13(14)15)8(3-6)12-5-10-4-11-12/h1-5H. The molecule has 0 bridgehead atoms. The van der Waals surface area contributed by atoms with Crippen LogP contribution in [-0.4, -0.2) is 19.7 Å². The van der Waals surface area contributed by atoms with E-state index in [0.717, 1.165) is 22.9 Å². The fourth-order valence-corrected chi connectivity index (χ4v) is 1.17. The highest BCUT2D eigenvalue weighted by Gasteiger charge is 2.16. The van der Waals surface area contributed by atoms with Crippen molar-refractivity contribution < 1.29 is 9.31 Å². The van der Waals surface area contributed by atoms with Crippen molar-refractivity contribution >= 4 is 5.69 Å². The normalized spacial score (nSPS) is 10.2. The summed E-state index contributed by atoms with van der Waals surface area (Å²) in [5.74, 6) is -0.564. The smallest absolute Gasteiger partial charge is 0.258 e. The quantitative estimate of drug-likeness (QED) is 0.551. The van der Waals surface area contributed by atoms with Crippen LogP contribution in [0.15, 0.2) is 30.9 Å². The van der Waals surface area contributed by atoms with Gasteiger partial charge in [0.1, 0.15) is 24.2 Å². The topological polar surface area (TPSA) is 73.8 Å². The average Bonchev–Trinajstić information content (AvgIpc) is 2.69. The summed E-state index contributed by atoms with van der Waals surface area (Å²) in [5, 5.41) is 14.4. The van der Waals surface area contributed by atoms with Crippen molar-refractivity contribution in [2.24, 2.45) is 0 Å². The van der Waals surface area contributed by atoms with E-state index >= 15 is 0 Å². The summed E-state index contributed by atoms with van der Waals surface area (Å²) in [4.78, 5) is 13.7. The van der Waals surface area contributed by atoms with Gasteiger partial charge >= 0.3 is 0 Å². The second-order valence-corrected chi connectivity index (χ2v) is 2.73. The van der Waals surface area contributed by atoms with E-state index in [4.69, 9.17) is 0 Å². The van der Waals surface area contributed by atoms with Gasteiger partial charge in [0.25, 0.3) is 5.69 Å². The highest BCUT2D eigenvalue weighted by atomic mass is 19.1. The molecule has 1 aromatic heterocycles. The van der Waals surface area contributed by atoms with Gasteiger partial charge in [0.2, 0.25) is 0 Å². The van der Waals surface area contributed by atoms with Gasteiger partial charge in [-0.05, 0) is 6.07 Å². The van der Waals surface area contributed by atoms with E-state index in [2.05, 4.69) is 10.1 Å². The molecule has 2 rings (SSSR count). The van der Waals surface area contributed by atoms with Gasteiger partial charge in [-0.3, -0.25) is 10.1 Å². The molecule has 1 aromatic carbocycles. The zero-order chi connectivity index (χ0) is 10.8. The van der Waals surface area contributed by atoms with E-state index in [-0.39, 0.29) is 11.4 Å². The van der Waals surface area contributed by atoms with Crippen LogP contribution in [-0.2, 0) is 0 Å². The summed E-state index contributed by atoms with van der Waals surface area (Å²) in [5.41, 5.74) is -0.167. The highest BCUT2D eigenvalue weighted by molar-refractivity contribution is 5.51. The Kier molecular flexibility index (Phi) is 2.13. The Hall–Kier alpha value is -2.31. The predicted octanol–water partition coefficient (Wildman–Crippen LogP) is 1.31. The van der Waals surface area contributed by atoms with Crippen molar-refractivity contribution in [3.05, 3.63) is 46.8 Å². The van der Waals surface area contributed by atoms with Crippen LogP contribution in [0.25, 0.3) is 5.69 Å². The van der Waals surface area contributed by atoms with Crippen molar-refractivity contribution in [1.82, 2.24) is 14.8 Å². The van der Waals surface area contributed by atoms with Crippen LogP contribution in [0.3, 0.4) is 0 Å². The Morgan fingerprint density at radius 2 is 2.27 bits per heavy atom. The van der Waals surface area contributed by atoms with Crippen LogP contribution < -0.4 is 0 Å². The van der Waals surface area contributed by atoms with Crippen LogP contribution in [0.4, 0.5) is 10.1 Å². The molecule has 0 fully saturated rings. The summed E-state index contributed by atoms with van der Waals surface area (Å²) in [6.45, 7) is 0. The van der Waals surface area contributed by atoms with Gasteiger partial charge in [-0.2, -0.15) is 5.10 Å². The number of benzene rings is 1. The molecular formula is C8H5FN4O2. The van der Waals surface area contributed by atoms with Gasteiger partial charge in [-0.15, -0.1) is 0 Å². The lowest BCUT2D eigenvalue weighted by Gasteiger charge is -2.01. The Labute approximate surface area is 83.1 Å². The van der Waals surface area contributed by atoms with E-state index in [9.17, 15) is 14.5 Å². The molecule has 0 spiro atoms. The third kappa shape index (κ3) is 1.66. The molecule has 7 heteroatoms. The minimum absolute atomic E-state index is 0.0532. The van der Waals surface area contributed by atoms with Gasteiger partial charge in [0.15, 0.2) is 0 Å². The molecule has 0 saturated carbocycles. The van der Waals surface area contributed by atoms with E-state index in [1.165, 1.54) is 12.7 Å². The second kappa shape index (κ2) is 3.45. The number of halogens is 1. The Balaban J connectivity index is 2.63. The van der Waals surface area contributed by atoms with Crippen LogP contribution in [0.5, 0.6) is 0 Å². The molecule has 2 aromatic rings. The molecule has 76 valence electrons. The third-order valence-corrected chi connectivity index (χ3v) is 1.80. The van der Waals surface area contributed by atoms with Gasteiger partial charge in [-0.25, -0.2) is 14.1 Å². The first kappa shape index (κ1) is 9.25. The number of nitro benzene ring substituents is 1. The van der Waals surface area contributed by atoms with E-state index in [1.54, 1.807) is 0 Å². The monoisotopic (exact) mass is 208 g/mol. The second-order valence-electron chi connectivity index (χ2n) is 2.73. The first-order valence-corrected chi connectivity index (χ1v) is 3.97. The lowest BCUT2D eigenvalue weighted by atomic mass is 10.2. The van der Waals surface area contributed by atoms with Crippen molar-refractivity contribution in [2.45, 2.75) is 0 Å². The molecule has 1 heterocycles. The van der Waals surface area contributed by atoms with E-state index in [1.807, 2.05) is 0 Å². The molecule has 15 heavy (non-hydrogen) atoms. The Morgan fingerprint density at radius 1 is 1.47 bits per heavy atom. The van der Waals surface area contributed by atoms with Gasteiger partial charge < -0.3 is 0 Å². The molecule has 0 radical (unpaired) electrons. The highest BCUT2D eigenvalue weighted by Crippen LogP contribution is 2.22. The van der Waals surface area contributed by atoms with Crippen molar-refractivity contribution in [1.29, 1.82) is 0 Å². The zero-order valence-corrected chi connectivity index (χ0v) is 7.37. The van der Waals surface area contributed by atoms with Crippen molar-refractivity contribution in [3.63, 3.8) is 0 Å². The minimum Gasteiger partial charge on any atom is -0.258 e. The summed E-state index contributed by atoms with van der Waals surface area (Å²) in [6, 6.07) is 3.15. The lowest BCUT2D eigenvalue weighted by Crippen LogP contribution is -2.01. The first-order chi connectivity index (χ1) is 7.18. The zero-order valence-electron chi connectivity index (χ0n) is 7.37. The Morgan fingerprint density at radius 3 is 2.87 bits per heavy atom. The van der Waals surface area contributed by atoms with Gasteiger partial charge in [0.05, 0.1) is 4.92 Å².